The molecule has 0 unspecified atom stereocenters. The maximum atomic E-state index is 12.7. The summed E-state index contributed by atoms with van der Waals surface area (Å²) in [5.74, 6) is 0. The van der Waals surface area contributed by atoms with Crippen LogP contribution in [0.1, 0.15) is 11.4 Å². The minimum atomic E-state index is -5.18. The monoisotopic (exact) mass is 300 g/mol. The number of halogens is 6. The number of rotatable bonds is 1. The molecule has 0 fully saturated rings. The molecule has 0 saturated carbocycles. The summed E-state index contributed by atoms with van der Waals surface area (Å²) in [7, 11) is 0. The zero-order chi connectivity index (χ0) is 15.3. The minimum Gasteiger partial charge on any atom is -0.258 e. The second kappa shape index (κ2) is 4.05. The van der Waals surface area contributed by atoms with Crippen molar-refractivity contribution in [2.24, 2.45) is 0 Å². The summed E-state index contributed by atoms with van der Waals surface area (Å²) in [6, 6.07) is -0.260. The molecule has 0 aromatic carbocycles. The lowest BCUT2D eigenvalue weighted by Crippen LogP contribution is -2.18. The van der Waals surface area contributed by atoms with Gasteiger partial charge in [-0.15, -0.1) is 0 Å². The lowest BCUT2D eigenvalue weighted by atomic mass is 10.3. The summed E-state index contributed by atoms with van der Waals surface area (Å²) in [5.41, 5.74) is -5.87. The van der Waals surface area contributed by atoms with E-state index in [4.69, 9.17) is 0 Å². The van der Waals surface area contributed by atoms with Crippen molar-refractivity contribution >= 4 is 11.3 Å². The average Bonchev–Trinajstić information content (AvgIpc) is 2.68. The molecule has 0 atom stereocenters. The molecule has 0 spiro atoms. The third-order valence-electron chi connectivity index (χ3n) is 2.23. The van der Waals surface area contributed by atoms with Gasteiger partial charge in [-0.3, -0.25) is 10.1 Å². The van der Waals surface area contributed by atoms with Crippen LogP contribution in [0.4, 0.5) is 32.0 Å². The standard InChI is InChI=1S/C8H2F6N4O2/c9-7(10,11)4-1-5(8(12,13)14)17-6(16-4)3(2-15-17)18(19)20/h1-2H. The molecule has 2 rings (SSSR count). The van der Waals surface area contributed by atoms with Crippen molar-refractivity contribution in [1.29, 1.82) is 0 Å². The molecule has 2 aromatic heterocycles. The van der Waals surface area contributed by atoms with Gasteiger partial charge in [0.1, 0.15) is 11.9 Å². The topological polar surface area (TPSA) is 73.3 Å². The van der Waals surface area contributed by atoms with Crippen molar-refractivity contribution < 1.29 is 31.3 Å². The predicted octanol–water partition coefficient (Wildman–Crippen LogP) is 2.68. The van der Waals surface area contributed by atoms with Crippen molar-refractivity contribution in [3.63, 3.8) is 0 Å². The average molecular weight is 300 g/mol. The first-order valence-electron chi connectivity index (χ1n) is 4.69. The molecule has 0 aliphatic heterocycles. The van der Waals surface area contributed by atoms with Crippen molar-refractivity contribution in [2.75, 3.05) is 0 Å². The Kier molecular flexibility index (Phi) is 2.84. The molecule has 2 aromatic rings. The molecule has 0 aliphatic rings. The van der Waals surface area contributed by atoms with Gasteiger partial charge < -0.3 is 0 Å². The third-order valence-corrected chi connectivity index (χ3v) is 2.23. The van der Waals surface area contributed by atoms with Gasteiger partial charge in [-0.25, -0.2) is 9.50 Å². The van der Waals surface area contributed by atoms with Gasteiger partial charge in [0.2, 0.25) is 5.65 Å². The highest BCUT2D eigenvalue weighted by Crippen LogP contribution is 2.36. The Morgan fingerprint density at radius 1 is 1.15 bits per heavy atom. The number of nitro groups is 1. The second-order valence-corrected chi connectivity index (χ2v) is 3.54. The van der Waals surface area contributed by atoms with Gasteiger partial charge in [-0.2, -0.15) is 31.4 Å². The molecule has 0 N–H and O–H groups in total. The second-order valence-electron chi connectivity index (χ2n) is 3.54. The molecule has 0 aliphatic carbocycles. The molecule has 108 valence electrons. The van der Waals surface area contributed by atoms with E-state index in [1.54, 1.807) is 0 Å². The smallest absolute Gasteiger partial charge is 0.258 e. The van der Waals surface area contributed by atoms with Gasteiger partial charge in [0.05, 0.1) is 4.92 Å². The Bertz CT molecular complexity index is 689. The van der Waals surface area contributed by atoms with Crippen LogP contribution in [-0.2, 0) is 12.4 Å². The number of nitrogens with zero attached hydrogens (tertiary/aromatic N) is 4. The van der Waals surface area contributed by atoms with Crippen molar-refractivity contribution in [2.45, 2.75) is 12.4 Å². The first kappa shape index (κ1) is 14.0. The molecule has 0 amide bonds. The van der Waals surface area contributed by atoms with E-state index in [0.29, 0.717) is 6.20 Å². The fraction of sp³-hybridized carbons (Fsp3) is 0.250. The van der Waals surface area contributed by atoms with E-state index >= 15 is 0 Å². The highest BCUT2D eigenvalue weighted by Gasteiger charge is 2.41. The van der Waals surface area contributed by atoms with Crippen LogP contribution in [0.3, 0.4) is 0 Å². The Morgan fingerprint density at radius 3 is 2.20 bits per heavy atom. The number of aromatic nitrogens is 3. The van der Waals surface area contributed by atoms with Crippen LogP contribution < -0.4 is 0 Å². The Balaban J connectivity index is 2.88. The van der Waals surface area contributed by atoms with Gasteiger partial charge in [0, 0.05) is 0 Å². The van der Waals surface area contributed by atoms with Crippen LogP contribution in [0, 0.1) is 10.1 Å². The zero-order valence-corrected chi connectivity index (χ0v) is 9.03. The molecule has 12 heteroatoms. The molecular formula is C8H2F6N4O2. The molecule has 0 saturated heterocycles. The van der Waals surface area contributed by atoms with Gasteiger partial charge in [-0.05, 0) is 6.07 Å². The summed E-state index contributed by atoms with van der Waals surface area (Å²) >= 11 is 0. The van der Waals surface area contributed by atoms with E-state index in [0.717, 1.165) is 0 Å². The van der Waals surface area contributed by atoms with Crippen molar-refractivity contribution in [3.8, 4) is 0 Å². The molecule has 6 nitrogen and oxygen atoms in total. The normalized spacial score (nSPS) is 12.9. The van der Waals surface area contributed by atoms with E-state index in [2.05, 4.69) is 10.1 Å². The molecule has 0 bridgehead atoms. The third kappa shape index (κ3) is 2.23. The largest absolute Gasteiger partial charge is 0.433 e. The van der Waals surface area contributed by atoms with Gasteiger partial charge >= 0.3 is 18.0 Å². The van der Waals surface area contributed by atoms with Crippen molar-refractivity contribution in [3.05, 3.63) is 33.8 Å². The number of hydrogen-bond donors (Lipinski definition) is 0. The van der Waals surface area contributed by atoms with E-state index in [9.17, 15) is 36.5 Å². The van der Waals surface area contributed by atoms with E-state index < -0.39 is 40.0 Å². The number of hydrogen-bond acceptors (Lipinski definition) is 4. The van der Waals surface area contributed by atoms with Gasteiger partial charge in [0.15, 0.2) is 5.69 Å². The maximum absolute atomic E-state index is 12.7. The van der Waals surface area contributed by atoms with E-state index in [-0.39, 0.29) is 10.6 Å². The fourth-order valence-corrected chi connectivity index (χ4v) is 1.43. The Morgan fingerprint density at radius 2 is 1.75 bits per heavy atom. The first-order chi connectivity index (χ1) is 9.01. The van der Waals surface area contributed by atoms with Crippen LogP contribution in [0.5, 0.6) is 0 Å². The summed E-state index contributed by atoms with van der Waals surface area (Å²) in [6.45, 7) is 0. The minimum absolute atomic E-state index is 0.0482. The highest BCUT2D eigenvalue weighted by atomic mass is 19.4. The predicted molar refractivity (Wildman–Crippen MR) is 49.6 cm³/mol. The Hall–Kier alpha value is -2.40. The maximum Gasteiger partial charge on any atom is 0.433 e. The van der Waals surface area contributed by atoms with E-state index in [1.807, 2.05) is 0 Å². The number of alkyl halides is 6. The first-order valence-corrected chi connectivity index (χ1v) is 4.69. The SMILES string of the molecule is O=[N+]([O-])c1cnn2c(C(F)(F)F)cc(C(F)(F)F)nc12. The Labute approximate surface area is 104 Å². The van der Waals surface area contributed by atoms with Crippen molar-refractivity contribution in [1.82, 2.24) is 14.6 Å². The van der Waals surface area contributed by atoms with Gasteiger partial charge in [-0.1, -0.05) is 0 Å². The summed E-state index contributed by atoms with van der Waals surface area (Å²) in [6.07, 6.45) is -9.96. The zero-order valence-electron chi connectivity index (χ0n) is 9.03. The van der Waals surface area contributed by atoms with Crippen LogP contribution in [-0.4, -0.2) is 19.5 Å². The fourth-order valence-electron chi connectivity index (χ4n) is 1.43. The lowest BCUT2D eigenvalue weighted by Gasteiger charge is -2.11. The van der Waals surface area contributed by atoms with Crippen LogP contribution in [0.15, 0.2) is 12.3 Å². The van der Waals surface area contributed by atoms with E-state index in [1.165, 1.54) is 0 Å². The lowest BCUT2D eigenvalue weighted by molar-refractivity contribution is -0.383. The van der Waals surface area contributed by atoms with Crippen LogP contribution >= 0.6 is 0 Å². The number of fused-ring (bicyclic) bond motifs is 1. The highest BCUT2D eigenvalue weighted by molar-refractivity contribution is 5.59. The molecule has 2 heterocycles. The summed E-state index contributed by atoms with van der Waals surface area (Å²) < 4.78 is 75.4. The molecular weight excluding hydrogens is 298 g/mol. The summed E-state index contributed by atoms with van der Waals surface area (Å²) in [4.78, 5) is 12.2. The van der Waals surface area contributed by atoms with Crippen LogP contribution in [0.25, 0.3) is 5.65 Å². The summed E-state index contributed by atoms with van der Waals surface area (Å²) in [5, 5.41) is 13.6. The van der Waals surface area contributed by atoms with Gasteiger partial charge in [0.25, 0.3) is 0 Å². The van der Waals surface area contributed by atoms with Crippen LogP contribution in [0.2, 0.25) is 0 Å². The quantitative estimate of drug-likeness (QED) is 0.461. The molecule has 0 radical (unpaired) electrons. The molecule has 20 heavy (non-hydrogen) atoms.